The number of hydrogen-bond donors (Lipinski definition) is 1. The van der Waals surface area contributed by atoms with Crippen LogP contribution < -0.4 is 20.5 Å². The molecule has 0 radical (unpaired) electrons. The molecule has 0 saturated carbocycles. The molecule has 1 aromatic heterocycles. The van der Waals surface area contributed by atoms with Gasteiger partial charge in [-0.1, -0.05) is 18.2 Å². The van der Waals surface area contributed by atoms with Crippen LogP contribution in [0.1, 0.15) is 30.5 Å². The molecule has 1 aromatic carbocycles. The van der Waals surface area contributed by atoms with Gasteiger partial charge in [-0.3, -0.25) is 14.2 Å². The molecule has 1 amide bonds. The van der Waals surface area contributed by atoms with Crippen LogP contribution >= 0.6 is 0 Å². The lowest BCUT2D eigenvalue weighted by Gasteiger charge is -2.29. The zero-order valence-corrected chi connectivity index (χ0v) is 15.9. The van der Waals surface area contributed by atoms with Crippen molar-refractivity contribution in [2.24, 2.45) is 0 Å². The van der Waals surface area contributed by atoms with Crippen LogP contribution in [-0.2, 0) is 17.9 Å². The van der Waals surface area contributed by atoms with Crippen molar-refractivity contribution in [3.05, 3.63) is 51.9 Å². The second-order valence-electron chi connectivity index (χ2n) is 6.76. The van der Waals surface area contributed by atoms with Crippen LogP contribution in [0, 0.1) is 6.92 Å². The lowest BCUT2D eigenvalue weighted by atomic mass is 10.1. The minimum atomic E-state index is -0.230. The van der Waals surface area contributed by atoms with Crippen molar-refractivity contribution in [1.29, 1.82) is 0 Å². The lowest BCUT2D eigenvalue weighted by molar-refractivity contribution is -0.121. The number of nitrogens with one attached hydrogen (secondary N) is 1. The van der Waals surface area contributed by atoms with Crippen molar-refractivity contribution < 1.29 is 9.53 Å². The molecule has 7 nitrogen and oxygen atoms in total. The van der Waals surface area contributed by atoms with E-state index in [1.54, 1.807) is 14.0 Å². The number of para-hydroxylation sites is 1. The first kappa shape index (κ1) is 18.9. The Kier molecular flexibility index (Phi) is 6.11. The largest absolute Gasteiger partial charge is 0.496 e. The number of aryl methyl sites for hydroxylation is 1. The fourth-order valence-electron chi connectivity index (χ4n) is 3.33. The highest BCUT2D eigenvalue weighted by Gasteiger charge is 2.19. The van der Waals surface area contributed by atoms with E-state index >= 15 is 0 Å². The highest BCUT2D eigenvalue weighted by Crippen LogP contribution is 2.18. The predicted molar refractivity (Wildman–Crippen MR) is 104 cm³/mol. The first-order valence-corrected chi connectivity index (χ1v) is 9.30. The number of piperidine rings is 1. The quantitative estimate of drug-likeness (QED) is 0.840. The number of nitrogens with zero attached hydrogens (tertiary/aromatic N) is 3. The minimum absolute atomic E-state index is 0.0485. The van der Waals surface area contributed by atoms with E-state index in [4.69, 9.17) is 4.74 Å². The summed E-state index contributed by atoms with van der Waals surface area (Å²) in [7, 11) is 1.60. The summed E-state index contributed by atoms with van der Waals surface area (Å²) in [6.07, 6.45) is 3.33. The molecule has 3 rings (SSSR count). The number of carbonyl (C=O) groups is 1. The molecular formula is C20H26N4O3. The molecule has 0 aliphatic carbocycles. The van der Waals surface area contributed by atoms with E-state index in [-0.39, 0.29) is 18.0 Å². The van der Waals surface area contributed by atoms with Crippen LogP contribution in [0.25, 0.3) is 0 Å². The number of methoxy groups -OCH3 is 1. The van der Waals surface area contributed by atoms with E-state index in [0.29, 0.717) is 18.2 Å². The van der Waals surface area contributed by atoms with Crippen molar-refractivity contribution in [2.75, 3.05) is 25.1 Å². The Hall–Kier alpha value is -2.83. The number of anilines is 1. The van der Waals surface area contributed by atoms with Gasteiger partial charge in [-0.2, -0.15) is 0 Å². The maximum Gasteiger partial charge on any atom is 0.255 e. The summed E-state index contributed by atoms with van der Waals surface area (Å²) in [4.78, 5) is 31.7. The Bertz CT molecular complexity index is 857. The van der Waals surface area contributed by atoms with Crippen molar-refractivity contribution in [3.8, 4) is 5.75 Å². The van der Waals surface area contributed by atoms with E-state index in [9.17, 15) is 9.59 Å². The Balaban J connectivity index is 1.74. The minimum Gasteiger partial charge on any atom is -0.496 e. The van der Waals surface area contributed by atoms with Gasteiger partial charge in [0.15, 0.2) is 0 Å². The molecule has 0 bridgehead atoms. The molecule has 27 heavy (non-hydrogen) atoms. The predicted octanol–water partition coefficient (Wildman–Crippen LogP) is 1.87. The zero-order chi connectivity index (χ0) is 19.2. The van der Waals surface area contributed by atoms with Gasteiger partial charge in [-0.15, -0.1) is 0 Å². The molecular weight excluding hydrogens is 344 g/mol. The van der Waals surface area contributed by atoms with E-state index in [1.807, 2.05) is 24.3 Å². The molecule has 1 aliphatic heterocycles. The standard InChI is InChI=1S/C20H26N4O3/c1-15-12-19(26)24(20(22-15)23-10-6-3-7-11-23)14-18(25)21-13-16-8-4-5-9-17(16)27-2/h4-5,8-9,12H,3,6-7,10-11,13-14H2,1-2H3,(H,21,25). The summed E-state index contributed by atoms with van der Waals surface area (Å²) in [5.41, 5.74) is 1.36. The van der Waals surface area contributed by atoms with E-state index in [0.717, 1.165) is 37.2 Å². The first-order chi connectivity index (χ1) is 13.1. The molecule has 0 unspecified atom stereocenters. The Morgan fingerprint density at radius 3 is 2.70 bits per heavy atom. The van der Waals surface area contributed by atoms with Gasteiger partial charge in [0.1, 0.15) is 12.3 Å². The molecule has 1 saturated heterocycles. The van der Waals surface area contributed by atoms with Crippen molar-refractivity contribution in [3.63, 3.8) is 0 Å². The monoisotopic (exact) mass is 370 g/mol. The topological polar surface area (TPSA) is 76.5 Å². The van der Waals surface area contributed by atoms with E-state index < -0.39 is 0 Å². The van der Waals surface area contributed by atoms with Crippen LogP contribution in [-0.4, -0.2) is 35.7 Å². The van der Waals surface area contributed by atoms with Crippen LogP contribution in [0.3, 0.4) is 0 Å². The van der Waals surface area contributed by atoms with Gasteiger partial charge in [0.2, 0.25) is 11.9 Å². The summed E-state index contributed by atoms with van der Waals surface area (Å²) < 4.78 is 6.77. The van der Waals surface area contributed by atoms with Gasteiger partial charge in [0, 0.05) is 37.0 Å². The molecule has 7 heteroatoms. The van der Waals surface area contributed by atoms with Gasteiger partial charge < -0.3 is 15.0 Å². The normalized spacial score (nSPS) is 14.1. The first-order valence-electron chi connectivity index (χ1n) is 9.30. The van der Waals surface area contributed by atoms with Crippen LogP contribution in [0.2, 0.25) is 0 Å². The number of rotatable bonds is 6. The average Bonchev–Trinajstić information content (AvgIpc) is 2.69. The second-order valence-corrected chi connectivity index (χ2v) is 6.76. The molecule has 1 fully saturated rings. The zero-order valence-electron chi connectivity index (χ0n) is 15.9. The maximum atomic E-state index is 12.5. The SMILES string of the molecule is COc1ccccc1CNC(=O)Cn1c(N2CCCCC2)nc(C)cc1=O. The molecule has 2 aromatic rings. The summed E-state index contributed by atoms with van der Waals surface area (Å²) in [6.45, 7) is 3.82. The molecule has 1 N–H and O–H groups in total. The Morgan fingerprint density at radius 2 is 1.96 bits per heavy atom. The smallest absolute Gasteiger partial charge is 0.255 e. The summed E-state index contributed by atoms with van der Waals surface area (Å²) >= 11 is 0. The lowest BCUT2D eigenvalue weighted by Crippen LogP contribution is -2.39. The van der Waals surface area contributed by atoms with Gasteiger partial charge in [-0.25, -0.2) is 4.98 Å². The number of hydrogen-bond acceptors (Lipinski definition) is 5. The van der Waals surface area contributed by atoms with Crippen molar-refractivity contribution >= 4 is 11.9 Å². The number of amides is 1. The molecule has 0 spiro atoms. The number of benzene rings is 1. The van der Waals surface area contributed by atoms with E-state index in [2.05, 4.69) is 15.2 Å². The highest BCUT2D eigenvalue weighted by atomic mass is 16.5. The van der Waals surface area contributed by atoms with Gasteiger partial charge in [0.05, 0.1) is 7.11 Å². The van der Waals surface area contributed by atoms with Gasteiger partial charge in [-0.05, 0) is 32.3 Å². The number of ether oxygens (including phenoxy) is 1. The van der Waals surface area contributed by atoms with Crippen LogP contribution in [0.5, 0.6) is 5.75 Å². The van der Waals surface area contributed by atoms with Crippen LogP contribution in [0.4, 0.5) is 5.95 Å². The van der Waals surface area contributed by atoms with Crippen molar-refractivity contribution in [2.45, 2.75) is 39.3 Å². The van der Waals surface area contributed by atoms with Gasteiger partial charge in [0.25, 0.3) is 5.56 Å². The molecule has 144 valence electrons. The average molecular weight is 370 g/mol. The van der Waals surface area contributed by atoms with Crippen LogP contribution in [0.15, 0.2) is 35.1 Å². The van der Waals surface area contributed by atoms with Gasteiger partial charge >= 0.3 is 0 Å². The third kappa shape index (κ3) is 4.67. The third-order valence-electron chi connectivity index (χ3n) is 4.73. The summed E-state index contributed by atoms with van der Waals surface area (Å²) in [5, 5.41) is 2.87. The Morgan fingerprint density at radius 1 is 1.22 bits per heavy atom. The second kappa shape index (κ2) is 8.70. The Labute approximate surface area is 159 Å². The highest BCUT2D eigenvalue weighted by molar-refractivity contribution is 5.76. The molecule has 0 atom stereocenters. The summed E-state index contributed by atoms with van der Waals surface area (Å²) in [6, 6.07) is 9.00. The summed E-state index contributed by atoms with van der Waals surface area (Å²) in [5.74, 6) is 1.08. The third-order valence-corrected chi connectivity index (χ3v) is 4.73. The number of aromatic nitrogens is 2. The van der Waals surface area contributed by atoms with Crippen molar-refractivity contribution in [1.82, 2.24) is 14.9 Å². The van der Waals surface area contributed by atoms with E-state index in [1.165, 1.54) is 17.1 Å². The molecule has 2 heterocycles. The fraction of sp³-hybridized carbons (Fsp3) is 0.450. The maximum absolute atomic E-state index is 12.5. The number of carbonyl (C=O) groups excluding carboxylic acids is 1. The fourth-order valence-corrected chi connectivity index (χ4v) is 3.33. The molecule has 1 aliphatic rings.